The Bertz CT molecular complexity index is 785. The minimum Gasteiger partial charge on any atom is -0.357 e. The summed E-state index contributed by atoms with van der Waals surface area (Å²) >= 11 is 0. The average Bonchev–Trinajstić information content (AvgIpc) is 3.09. The Morgan fingerprint density at radius 2 is 2.12 bits per heavy atom. The molecule has 0 saturated heterocycles. The summed E-state index contributed by atoms with van der Waals surface area (Å²) in [5, 5.41) is 7.51. The number of H-pyrrole nitrogens is 1. The first-order valence-corrected chi connectivity index (χ1v) is 8.51. The van der Waals surface area contributed by atoms with Gasteiger partial charge in [0.15, 0.2) is 0 Å². The van der Waals surface area contributed by atoms with Crippen LogP contribution in [0.1, 0.15) is 47.6 Å². The molecule has 2 aromatic rings. The highest BCUT2D eigenvalue weighted by molar-refractivity contribution is 5.94. The molecule has 1 fully saturated rings. The number of aromatic amines is 1. The van der Waals surface area contributed by atoms with Gasteiger partial charge in [0, 0.05) is 32.8 Å². The van der Waals surface area contributed by atoms with E-state index in [4.69, 9.17) is 0 Å². The van der Waals surface area contributed by atoms with Gasteiger partial charge in [0.25, 0.3) is 5.91 Å². The Kier molecular flexibility index (Phi) is 4.59. The van der Waals surface area contributed by atoms with Gasteiger partial charge in [0.1, 0.15) is 11.5 Å². The second-order valence-corrected chi connectivity index (χ2v) is 6.75. The molecular formula is C17H25N5O2. The average molecular weight is 331 g/mol. The lowest BCUT2D eigenvalue weighted by Crippen LogP contribution is -2.43. The maximum atomic E-state index is 12.5. The van der Waals surface area contributed by atoms with E-state index in [-0.39, 0.29) is 17.6 Å². The molecule has 1 aliphatic rings. The van der Waals surface area contributed by atoms with E-state index in [2.05, 4.69) is 15.4 Å². The molecule has 0 bridgehead atoms. The van der Waals surface area contributed by atoms with Crippen molar-refractivity contribution in [3.63, 3.8) is 0 Å². The fraction of sp³-hybridized carbons (Fsp3) is 0.588. The van der Waals surface area contributed by atoms with Gasteiger partial charge in [-0.1, -0.05) is 12.8 Å². The number of rotatable bonds is 4. The Morgan fingerprint density at radius 3 is 2.75 bits per heavy atom. The topological polar surface area (TPSA) is 84.7 Å². The van der Waals surface area contributed by atoms with Crippen molar-refractivity contribution in [2.24, 2.45) is 20.0 Å². The molecule has 2 atom stereocenters. The van der Waals surface area contributed by atoms with Gasteiger partial charge in [-0.3, -0.25) is 9.36 Å². The van der Waals surface area contributed by atoms with Gasteiger partial charge in [-0.15, -0.1) is 0 Å². The number of carbonyl (C=O) groups excluding carboxylic acids is 1. The second kappa shape index (κ2) is 6.67. The first-order chi connectivity index (χ1) is 11.5. The summed E-state index contributed by atoms with van der Waals surface area (Å²) in [4.78, 5) is 27.4. The zero-order valence-electron chi connectivity index (χ0n) is 14.5. The molecule has 0 aliphatic heterocycles. The first kappa shape index (κ1) is 16.5. The Hall–Kier alpha value is -2.31. The molecule has 130 valence electrons. The van der Waals surface area contributed by atoms with Gasteiger partial charge >= 0.3 is 5.69 Å². The molecule has 1 amide bonds. The van der Waals surface area contributed by atoms with E-state index >= 15 is 0 Å². The fourth-order valence-corrected chi connectivity index (χ4v) is 3.60. The van der Waals surface area contributed by atoms with E-state index in [1.54, 1.807) is 24.9 Å². The van der Waals surface area contributed by atoms with Crippen LogP contribution >= 0.6 is 0 Å². The number of amides is 1. The van der Waals surface area contributed by atoms with E-state index in [0.29, 0.717) is 18.0 Å². The highest BCUT2D eigenvalue weighted by Crippen LogP contribution is 2.27. The van der Waals surface area contributed by atoms with Gasteiger partial charge in [0.05, 0.1) is 0 Å². The zero-order chi connectivity index (χ0) is 17.3. The Labute approximate surface area is 141 Å². The lowest BCUT2D eigenvalue weighted by Gasteiger charge is -2.32. The van der Waals surface area contributed by atoms with Gasteiger partial charge in [0.2, 0.25) is 0 Å². The maximum Gasteiger partial charge on any atom is 0.345 e. The van der Waals surface area contributed by atoms with Crippen molar-refractivity contribution in [3.05, 3.63) is 39.8 Å². The van der Waals surface area contributed by atoms with Crippen molar-refractivity contribution < 1.29 is 4.79 Å². The minimum atomic E-state index is -0.108. The number of nitrogens with zero attached hydrogens (tertiary/aromatic N) is 3. The second-order valence-electron chi connectivity index (χ2n) is 6.75. The standard InChI is InChI=1S/C17H25N5O2/c1-11-8-9-18-15(11)16(23)19-13-7-5-4-6-12(13)10-14-20-22(3)17(24)21(14)2/h8-9,12-13,18H,4-7,10H2,1-3H3,(H,19,23)/t12-,13-/m1/s1. The third-order valence-electron chi connectivity index (χ3n) is 5.07. The van der Waals surface area contributed by atoms with E-state index < -0.39 is 0 Å². The molecule has 2 aromatic heterocycles. The molecule has 7 heteroatoms. The molecule has 7 nitrogen and oxygen atoms in total. The van der Waals surface area contributed by atoms with Crippen LogP contribution in [0, 0.1) is 12.8 Å². The Morgan fingerprint density at radius 1 is 1.38 bits per heavy atom. The van der Waals surface area contributed by atoms with E-state index in [1.165, 1.54) is 4.68 Å². The lowest BCUT2D eigenvalue weighted by atomic mass is 9.82. The molecule has 3 rings (SSSR count). The number of nitrogens with one attached hydrogen (secondary N) is 2. The van der Waals surface area contributed by atoms with E-state index in [9.17, 15) is 9.59 Å². The number of hydrogen-bond acceptors (Lipinski definition) is 3. The fourth-order valence-electron chi connectivity index (χ4n) is 3.60. The normalized spacial score (nSPS) is 21.0. The summed E-state index contributed by atoms with van der Waals surface area (Å²) in [6.45, 7) is 1.92. The van der Waals surface area contributed by atoms with Crippen LogP contribution < -0.4 is 11.0 Å². The molecule has 1 saturated carbocycles. The number of hydrogen-bond donors (Lipinski definition) is 2. The smallest absolute Gasteiger partial charge is 0.345 e. The molecule has 1 aliphatic carbocycles. The SMILES string of the molecule is Cc1cc[nH]c1C(=O)N[C@@H]1CCCC[C@@H]1Cc1nn(C)c(=O)n1C. The van der Waals surface area contributed by atoms with Crippen LogP contribution in [0.3, 0.4) is 0 Å². The summed E-state index contributed by atoms with van der Waals surface area (Å²) in [6.07, 6.45) is 6.77. The zero-order valence-corrected chi connectivity index (χ0v) is 14.5. The van der Waals surface area contributed by atoms with Crippen LogP contribution in [-0.4, -0.2) is 31.3 Å². The van der Waals surface area contributed by atoms with Gasteiger partial charge in [-0.05, 0) is 37.3 Å². The van der Waals surface area contributed by atoms with Crippen LogP contribution in [0.15, 0.2) is 17.1 Å². The number of carbonyl (C=O) groups is 1. The predicted octanol–water partition coefficient (Wildman–Crippen LogP) is 1.29. The van der Waals surface area contributed by atoms with Crippen molar-refractivity contribution in [2.75, 3.05) is 0 Å². The van der Waals surface area contributed by atoms with Crippen molar-refractivity contribution in [2.45, 2.75) is 45.1 Å². The van der Waals surface area contributed by atoms with Crippen LogP contribution in [-0.2, 0) is 20.5 Å². The van der Waals surface area contributed by atoms with Crippen molar-refractivity contribution in [1.29, 1.82) is 0 Å². The maximum absolute atomic E-state index is 12.5. The molecule has 2 heterocycles. The molecular weight excluding hydrogens is 306 g/mol. The highest BCUT2D eigenvalue weighted by atomic mass is 16.2. The summed E-state index contributed by atoms with van der Waals surface area (Å²) < 4.78 is 2.97. The van der Waals surface area contributed by atoms with E-state index in [1.807, 2.05) is 13.0 Å². The van der Waals surface area contributed by atoms with Crippen molar-refractivity contribution in [1.82, 2.24) is 24.6 Å². The number of aromatic nitrogens is 4. The van der Waals surface area contributed by atoms with Crippen LogP contribution in [0.4, 0.5) is 0 Å². The summed E-state index contributed by atoms with van der Waals surface area (Å²) in [5.74, 6) is 1.03. The van der Waals surface area contributed by atoms with Gasteiger partial charge in [-0.2, -0.15) is 5.10 Å². The quantitative estimate of drug-likeness (QED) is 0.885. The minimum absolute atomic E-state index is 0.0516. The van der Waals surface area contributed by atoms with Gasteiger partial charge < -0.3 is 10.3 Å². The molecule has 0 radical (unpaired) electrons. The predicted molar refractivity (Wildman–Crippen MR) is 90.9 cm³/mol. The monoisotopic (exact) mass is 331 g/mol. The van der Waals surface area contributed by atoms with Crippen molar-refractivity contribution in [3.8, 4) is 0 Å². The van der Waals surface area contributed by atoms with Gasteiger partial charge in [-0.25, -0.2) is 9.48 Å². The molecule has 0 unspecified atom stereocenters. The van der Waals surface area contributed by atoms with E-state index in [0.717, 1.165) is 37.1 Å². The summed E-state index contributed by atoms with van der Waals surface area (Å²) in [6, 6.07) is 2.02. The largest absolute Gasteiger partial charge is 0.357 e. The highest BCUT2D eigenvalue weighted by Gasteiger charge is 2.29. The molecule has 0 spiro atoms. The third-order valence-corrected chi connectivity index (χ3v) is 5.07. The number of aryl methyl sites for hydroxylation is 2. The summed E-state index contributed by atoms with van der Waals surface area (Å²) in [7, 11) is 3.42. The molecule has 2 N–H and O–H groups in total. The molecule has 24 heavy (non-hydrogen) atoms. The summed E-state index contributed by atoms with van der Waals surface area (Å²) in [5.41, 5.74) is 1.47. The third kappa shape index (κ3) is 3.16. The van der Waals surface area contributed by atoms with Crippen LogP contribution in [0.2, 0.25) is 0 Å². The first-order valence-electron chi connectivity index (χ1n) is 8.51. The Balaban J connectivity index is 1.73. The van der Waals surface area contributed by atoms with Crippen LogP contribution in [0.25, 0.3) is 0 Å². The van der Waals surface area contributed by atoms with Crippen molar-refractivity contribution >= 4 is 5.91 Å². The van der Waals surface area contributed by atoms with Crippen LogP contribution in [0.5, 0.6) is 0 Å². The lowest BCUT2D eigenvalue weighted by molar-refractivity contribution is 0.0899. The molecule has 0 aromatic carbocycles.